The third-order valence-electron chi connectivity index (χ3n) is 2.49. The number of carbonyl (C=O) groups is 1. The summed E-state index contributed by atoms with van der Waals surface area (Å²) in [5.41, 5.74) is 0.309. The summed E-state index contributed by atoms with van der Waals surface area (Å²) in [7, 11) is 0. The van der Waals surface area contributed by atoms with Crippen molar-refractivity contribution in [2.24, 2.45) is 0 Å². The van der Waals surface area contributed by atoms with E-state index in [4.69, 9.17) is 0 Å². The fourth-order valence-electron chi connectivity index (χ4n) is 1.69. The Bertz CT molecular complexity index is 628. The smallest absolute Gasteiger partial charge is 0.293 e. The molecule has 0 unspecified atom stereocenters. The van der Waals surface area contributed by atoms with E-state index in [1.54, 1.807) is 18.5 Å². The number of anilines is 2. The number of nitrogens with zero attached hydrogens (tertiary/aromatic N) is 2. The van der Waals surface area contributed by atoms with E-state index >= 15 is 0 Å². The number of carbonyl (C=O) groups excluding carboxylic acids is 1. The molecule has 0 fully saturated rings. The number of hydrogen-bond acceptors (Lipinski definition) is 6. The molecule has 8 heteroatoms. The van der Waals surface area contributed by atoms with E-state index in [1.807, 2.05) is 0 Å². The Labute approximate surface area is 118 Å². The molecule has 2 rings (SSSR count). The average Bonchev–Trinajstić information content (AvgIpc) is 2.91. The van der Waals surface area contributed by atoms with Gasteiger partial charge in [-0.3, -0.25) is 20.2 Å². The van der Waals surface area contributed by atoms with Crippen LogP contribution >= 0.6 is 11.3 Å². The molecular formula is C12H12N4O3S. The lowest BCUT2D eigenvalue weighted by Crippen LogP contribution is -2.15. The SMILES string of the molecule is CCNc1c(C(=O)Nc2nccs2)cccc1[N+](=O)[O-]. The summed E-state index contributed by atoms with van der Waals surface area (Å²) in [5.74, 6) is -0.431. The summed E-state index contributed by atoms with van der Waals surface area (Å²) in [4.78, 5) is 26.6. The third-order valence-corrected chi connectivity index (χ3v) is 3.18. The van der Waals surface area contributed by atoms with Crippen LogP contribution in [0.4, 0.5) is 16.5 Å². The average molecular weight is 292 g/mol. The number of hydrogen-bond donors (Lipinski definition) is 2. The van der Waals surface area contributed by atoms with Crippen LogP contribution in [0.15, 0.2) is 29.8 Å². The van der Waals surface area contributed by atoms with Crippen molar-refractivity contribution in [3.63, 3.8) is 0 Å². The Morgan fingerprint density at radius 3 is 2.90 bits per heavy atom. The quantitative estimate of drug-likeness (QED) is 0.652. The van der Waals surface area contributed by atoms with Crippen LogP contribution in [0.3, 0.4) is 0 Å². The van der Waals surface area contributed by atoms with Crippen molar-refractivity contribution in [3.05, 3.63) is 45.5 Å². The Morgan fingerprint density at radius 1 is 1.50 bits per heavy atom. The van der Waals surface area contributed by atoms with Crippen LogP contribution in [0, 0.1) is 10.1 Å². The molecule has 2 N–H and O–H groups in total. The number of para-hydroxylation sites is 1. The number of rotatable bonds is 5. The van der Waals surface area contributed by atoms with Gasteiger partial charge in [-0.15, -0.1) is 11.3 Å². The van der Waals surface area contributed by atoms with Crippen molar-refractivity contribution in [1.29, 1.82) is 0 Å². The minimum atomic E-state index is -0.516. The van der Waals surface area contributed by atoms with Crippen LogP contribution < -0.4 is 10.6 Å². The Balaban J connectivity index is 2.37. The van der Waals surface area contributed by atoms with Crippen molar-refractivity contribution in [2.75, 3.05) is 17.2 Å². The second kappa shape index (κ2) is 6.11. The first-order valence-corrected chi connectivity index (χ1v) is 6.73. The van der Waals surface area contributed by atoms with Gasteiger partial charge in [0.05, 0.1) is 10.5 Å². The molecule has 104 valence electrons. The molecule has 1 aromatic carbocycles. The molecule has 1 aromatic heterocycles. The molecular weight excluding hydrogens is 280 g/mol. The van der Waals surface area contributed by atoms with Gasteiger partial charge < -0.3 is 5.32 Å². The molecule has 0 aliphatic rings. The minimum Gasteiger partial charge on any atom is -0.379 e. The van der Waals surface area contributed by atoms with E-state index in [0.717, 1.165) is 0 Å². The van der Waals surface area contributed by atoms with Crippen molar-refractivity contribution in [1.82, 2.24) is 4.98 Å². The molecule has 20 heavy (non-hydrogen) atoms. The van der Waals surface area contributed by atoms with Crippen LogP contribution in [0.25, 0.3) is 0 Å². The second-order valence-corrected chi connectivity index (χ2v) is 4.67. The fourth-order valence-corrected chi connectivity index (χ4v) is 2.22. The normalized spacial score (nSPS) is 10.1. The van der Waals surface area contributed by atoms with Gasteiger partial charge in [0.25, 0.3) is 11.6 Å². The number of thiazole rings is 1. The zero-order chi connectivity index (χ0) is 14.5. The van der Waals surface area contributed by atoms with E-state index in [9.17, 15) is 14.9 Å². The number of nitrogens with one attached hydrogen (secondary N) is 2. The number of aromatic nitrogens is 1. The predicted molar refractivity (Wildman–Crippen MR) is 77.3 cm³/mol. The highest BCUT2D eigenvalue weighted by Crippen LogP contribution is 2.29. The summed E-state index contributed by atoms with van der Waals surface area (Å²) in [6.45, 7) is 2.28. The molecule has 2 aromatic rings. The molecule has 1 heterocycles. The zero-order valence-electron chi connectivity index (χ0n) is 10.6. The lowest BCUT2D eigenvalue weighted by atomic mass is 10.1. The molecule has 0 aliphatic heterocycles. The molecule has 0 saturated carbocycles. The Hall–Kier alpha value is -2.48. The van der Waals surface area contributed by atoms with Gasteiger partial charge in [0, 0.05) is 24.2 Å². The van der Waals surface area contributed by atoms with Gasteiger partial charge in [-0.1, -0.05) is 6.07 Å². The van der Waals surface area contributed by atoms with Crippen LogP contribution in [0.2, 0.25) is 0 Å². The number of nitro benzene ring substituents is 1. The van der Waals surface area contributed by atoms with Gasteiger partial charge in [0.2, 0.25) is 0 Å². The highest BCUT2D eigenvalue weighted by atomic mass is 32.1. The van der Waals surface area contributed by atoms with E-state index in [1.165, 1.54) is 29.5 Å². The number of benzene rings is 1. The maximum absolute atomic E-state index is 12.2. The lowest BCUT2D eigenvalue weighted by molar-refractivity contribution is -0.384. The van der Waals surface area contributed by atoms with E-state index in [0.29, 0.717) is 11.7 Å². The van der Waals surface area contributed by atoms with Crippen molar-refractivity contribution in [3.8, 4) is 0 Å². The Morgan fingerprint density at radius 2 is 2.30 bits per heavy atom. The standard InChI is InChI=1S/C12H12N4O3S/c1-2-13-10-8(4-3-5-9(10)16(18)19)11(17)15-12-14-6-7-20-12/h3-7,13H,2H2,1H3,(H,14,15,17). The second-order valence-electron chi connectivity index (χ2n) is 3.78. The lowest BCUT2D eigenvalue weighted by Gasteiger charge is -2.10. The zero-order valence-corrected chi connectivity index (χ0v) is 11.4. The fraction of sp³-hybridized carbons (Fsp3) is 0.167. The first-order valence-electron chi connectivity index (χ1n) is 5.85. The summed E-state index contributed by atoms with van der Waals surface area (Å²) in [5, 5.41) is 18.7. The maximum atomic E-state index is 12.2. The van der Waals surface area contributed by atoms with Gasteiger partial charge in [-0.25, -0.2) is 4.98 Å². The van der Waals surface area contributed by atoms with Gasteiger partial charge in [0.1, 0.15) is 5.69 Å². The van der Waals surface area contributed by atoms with E-state index in [2.05, 4.69) is 15.6 Å². The summed E-state index contributed by atoms with van der Waals surface area (Å²) >= 11 is 1.28. The minimum absolute atomic E-state index is 0.126. The van der Waals surface area contributed by atoms with Crippen LogP contribution in [-0.2, 0) is 0 Å². The Kier molecular flexibility index (Phi) is 4.26. The third kappa shape index (κ3) is 2.91. The summed E-state index contributed by atoms with van der Waals surface area (Å²) in [6.07, 6.45) is 1.57. The molecule has 0 saturated heterocycles. The first-order chi connectivity index (χ1) is 9.63. The molecule has 0 atom stereocenters. The summed E-state index contributed by atoms with van der Waals surface area (Å²) < 4.78 is 0. The molecule has 0 bridgehead atoms. The van der Waals surface area contributed by atoms with Gasteiger partial charge in [-0.05, 0) is 13.0 Å². The monoisotopic (exact) mass is 292 g/mol. The first kappa shape index (κ1) is 13.9. The molecule has 0 aliphatic carbocycles. The highest BCUT2D eigenvalue weighted by Gasteiger charge is 2.21. The van der Waals surface area contributed by atoms with Gasteiger partial charge >= 0.3 is 0 Å². The van der Waals surface area contributed by atoms with Crippen LogP contribution in [0.1, 0.15) is 17.3 Å². The molecule has 0 spiro atoms. The number of nitro groups is 1. The predicted octanol–water partition coefficient (Wildman–Crippen LogP) is 2.74. The molecule has 7 nitrogen and oxygen atoms in total. The highest BCUT2D eigenvalue weighted by molar-refractivity contribution is 7.13. The van der Waals surface area contributed by atoms with Gasteiger partial charge in [0.15, 0.2) is 5.13 Å². The summed E-state index contributed by atoms with van der Waals surface area (Å²) in [6, 6.07) is 4.38. The van der Waals surface area contributed by atoms with E-state index < -0.39 is 10.8 Å². The van der Waals surface area contributed by atoms with Crippen LogP contribution in [-0.4, -0.2) is 22.4 Å². The topological polar surface area (TPSA) is 97.2 Å². The van der Waals surface area contributed by atoms with E-state index in [-0.39, 0.29) is 16.9 Å². The van der Waals surface area contributed by atoms with Crippen LogP contribution in [0.5, 0.6) is 0 Å². The number of amides is 1. The molecule has 1 amide bonds. The molecule has 0 radical (unpaired) electrons. The van der Waals surface area contributed by atoms with Crippen molar-refractivity contribution in [2.45, 2.75) is 6.92 Å². The van der Waals surface area contributed by atoms with Crippen molar-refractivity contribution >= 4 is 33.8 Å². The van der Waals surface area contributed by atoms with Gasteiger partial charge in [-0.2, -0.15) is 0 Å². The van der Waals surface area contributed by atoms with Crippen molar-refractivity contribution < 1.29 is 9.72 Å². The largest absolute Gasteiger partial charge is 0.379 e. The maximum Gasteiger partial charge on any atom is 0.293 e.